The van der Waals surface area contributed by atoms with Gasteiger partial charge in [0.2, 0.25) is 37.8 Å². The van der Waals surface area contributed by atoms with Crippen LogP contribution in [0.3, 0.4) is 0 Å². The SMILES string of the molecule is CCCN(CCCN)C(=O)C1=Cc2ccc(-c3cccc(S(=O)(=O)N4CC(CO)C4)c3)cc2N=C(N)C1.CCCN(CCCNC(=O)CC(C)(C)C)C(=O)C1=Cc2ccc(-c3cccc(S(=O)(=O)N4CC(CO)C4)c3)cc2N=C(N)C1. The van der Waals surface area contributed by atoms with E-state index in [2.05, 4.69) is 15.3 Å². The molecule has 436 valence electrons. The first kappa shape index (κ1) is 62.0. The van der Waals surface area contributed by atoms with Crippen LogP contribution in [0.1, 0.15) is 90.7 Å². The number of carbonyl (C=O) groups is 3. The van der Waals surface area contributed by atoms with Crippen LogP contribution >= 0.6 is 0 Å². The van der Waals surface area contributed by atoms with E-state index >= 15 is 0 Å². The van der Waals surface area contributed by atoms with Gasteiger partial charge in [-0.3, -0.25) is 14.4 Å². The van der Waals surface area contributed by atoms with Crippen molar-refractivity contribution in [2.45, 2.75) is 89.4 Å². The normalized spacial score (nSPS) is 16.0. The van der Waals surface area contributed by atoms with E-state index in [1.807, 2.05) is 100 Å². The van der Waals surface area contributed by atoms with Crippen molar-refractivity contribution in [1.82, 2.24) is 23.7 Å². The van der Waals surface area contributed by atoms with Crippen LogP contribution in [-0.4, -0.2) is 154 Å². The number of aliphatic hydroxyl groups is 2. The van der Waals surface area contributed by atoms with Crippen LogP contribution < -0.4 is 22.5 Å². The Labute approximate surface area is 477 Å². The van der Waals surface area contributed by atoms with Crippen molar-refractivity contribution < 1.29 is 41.4 Å². The van der Waals surface area contributed by atoms with E-state index in [9.17, 15) is 41.4 Å². The molecule has 2 fully saturated rings. The molecule has 81 heavy (non-hydrogen) atoms. The molecule has 19 nitrogen and oxygen atoms in total. The smallest absolute Gasteiger partial charge is 0.250 e. The molecule has 0 atom stereocenters. The number of hydrogen-bond acceptors (Lipinski definition) is 14. The summed E-state index contributed by atoms with van der Waals surface area (Å²) in [6.07, 6.45) is 7.62. The highest BCUT2D eigenvalue weighted by Gasteiger charge is 2.38. The lowest BCUT2D eigenvalue weighted by molar-refractivity contribution is -0.128. The van der Waals surface area contributed by atoms with E-state index in [1.54, 1.807) is 41.3 Å². The summed E-state index contributed by atoms with van der Waals surface area (Å²) in [5.74, 6) is 0.486. The van der Waals surface area contributed by atoms with E-state index < -0.39 is 20.0 Å². The number of aliphatic imine (C=N–C) groups is 2. The van der Waals surface area contributed by atoms with Crippen LogP contribution in [0.2, 0.25) is 0 Å². The summed E-state index contributed by atoms with van der Waals surface area (Å²) in [6.45, 7) is 14.7. The number of amidine groups is 2. The minimum atomic E-state index is -3.66. The third-order valence-corrected chi connectivity index (χ3v) is 18.0. The summed E-state index contributed by atoms with van der Waals surface area (Å²) in [7, 11) is -7.28. The second kappa shape index (κ2) is 27.5. The van der Waals surface area contributed by atoms with Crippen molar-refractivity contribution in [3.8, 4) is 22.3 Å². The maximum Gasteiger partial charge on any atom is 0.250 e. The lowest BCUT2D eigenvalue weighted by Gasteiger charge is -2.36. The second-order valence-electron chi connectivity index (χ2n) is 22.4. The van der Waals surface area contributed by atoms with Gasteiger partial charge in [-0.1, -0.05) is 83.1 Å². The van der Waals surface area contributed by atoms with Crippen molar-refractivity contribution in [1.29, 1.82) is 0 Å². The van der Waals surface area contributed by atoms with Gasteiger partial charge in [0.15, 0.2) is 0 Å². The Morgan fingerprint density at radius 1 is 0.630 bits per heavy atom. The van der Waals surface area contributed by atoms with Gasteiger partial charge in [-0.2, -0.15) is 8.61 Å². The highest BCUT2D eigenvalue weighted by atomic mass is 32.2. The van der Waals surface area contributed by atoms with Gasteiger partial charge < -0.3 is 42.5 Å². The molecule has 21 heteroatoms. The van der Waals surface area contributed by atoms with Crippen molar-refractivity contribution in [3.63, 3.8) is 0 Å². The Morgan fingerprint density at radius 3 is 1.44 bits per heavy atom. The minimum Gasteiger partial charge on any atom is -0.396 e. The Kier molecular flexibility index (Phi) is 21.0. The molecule has 3 amide bonds. The molecule has 4 heterocycles. The third-order valence-electron chi connectivity index (χ3n) is 14.3. The summed E-state index contributed by atoms with van der Waals surface area (Å²) in [4.78, 5) is 52.3. The molecule has 0 unspecified atom stereocenters. The van der Waals surface area contributed by atoms with Crippen LogP contribution in [0.4, 0.5) is 11.4 Å². The Morgan fingerprint density at radius 2 is 1.05 bits per heavy atom. The number of benzene rings is 4. The van der Waals surface area contributed by atoms with Gasteiger partial charge in [-0.05, 0) is 108 Å². The van der Waals surface area contributed by atoms with Gasteiger partial charge in [0.25, 0.3) is 0 Å². The van der Waals surface area contributed by atoms with Crippen LogP contribution in [0.5, 0.6) is 0 Å². The van der Waals surface area contributed by atoms with Crippen molar-refractivity contribution in [3.05, 3.63) is 107 Å². The highest BCUT2D eigenvalue weighted by molar-refractivity contribution is 7.89. The number of nitrogens with two attached hydrogens (primary N) is 3. The van der Waals surface area contributed by atoms with Gasteiger partial charge >= 0.3 is 0 Å². The number of aliphatic hydroxyl groups excluding tert-OH is 2. The predicted molar refractivity (Wildman–Crippen MR) is 319 cm³/mol. The molecule has 2 saturated heterocycles. The number of carbonyl (C=O) groups excluding carboxylic acids is 3. The molecule has 0 spiro atoms. The van der Waals surface area contributed by atoms with E-state index in [4.69, 9.17) is 17.2 Å². The van der Waals surface area contributed by atoms with Gasteiger partial charge in [-0.15, -0.1) is 0 Å². The first-order valence-electron chi connectivity index (χ1n) is 27.9. The Bertz CT molecular complexity index is 3290. The molecular formula is C60H80N10O9S2. The maximum atomic E-state index is 13.6. The topological polar surface area (TPSA) is 288 Å². The van der Waals surface area contributed by atoms with E-state index in [1.165, 1.54) is 8.61 Å². The summed E-state index contributed by atoms with van der Waals surface area (Å²) >= 11 is 0. The first-order chi connectivity index (χ1) is 38.6. The first-order valence-corrected chi connectivity index (χ1v) is 30.8. The highest BCUT2D eigenvalue weighted by Crippen LogP contribution is 2.36. The fourth-order valence-corrected chi connectivity index (χ4v) is 13.2. The zero-order valence-electron chi connectivity index (χ0n) is 47.3. The Hall–Kier alpha value is -6.59. The molecule has 4 aliphatic rings. The summed E-state index contributed by atoms with van der Waals surface area (Å²) in [5.41, 5.74) is 25.0. The largest absolute Gasteiger partial charge is 0.396 e. The molecule has 4 aromatic rings. The van der Waals surface area contributed by atoms with Crippen molar-refractivity contribution in [2.24, 2.45) is 44.4 Å². The monoisotopic (exact) mass is 1150 g/mol. The fraction of sp³-hybridized carbons (Fsp3) is 0.450. The minimum absolute atomic E-state index is 0.00889. The molecule has 0 radical (unpaired) electrons. The number of nitrogens with one attached hydrogen (secondary N) is 1. The maximum absolute atomic E-state index is 13.6. The predicted octanol–water partition coefficient (Wildman–Crippen LogP) is 6.25. The average Bonchev–Trinajstić information content (AvgIpc) is 3.83. The zero-order valence-corrected chi connectivity index (χ0v) is 48.9. The number of amides is 3. The number of hydrogen-bond donors (Lipinski definition) is 6. The molecular weight excluding hydrogens is 1070 g/mol. The standard InChI is InChI=1S/C33H45N5O5S.C27H35N5O4S/c1-5-13-37(14-7-12-35-31(40)19-33(2,3)4)32(41)27-15-26-11-10-25(17-29(26)36-30(34)18-27)24-8-6-9-28(16-24)44(42,43)38-20-23(21-38)22-39;1-2-10-31(11-4-9-28)27(34)23-12-22-8-7-21(14-25(22)30-26(29)15-23)20-5-3-6-24(13-20)37(35,36)32-16-19(17-32)18-33/h6,8-11,15-17,23,39H,5,7,12-14,18-22H2,1-4H3,(H2,34,36)(H,35,40);3,5-8,12-14,19,33H,2,4,9-11,15-18,28H2,1H3,(H2,29,30). The molecule has 9 N–H and O–H groups in total. The van der Waals surface area contributed by atoms with Crippen LogP contribution in [-0.2, 0) is 34.4 Å². The second-order valence-corrected chi connectivity index (χ2v) is 26.3. The quantitative estimate of drug-likeness (QED) is 0.0476. The van der Waals surface area contributed by atoms with Gasteiger partial charge in [0.1, 0.15) is 11.7 Å². The average molecular weight is 1150 g/mol. The fourth-order valence-electron chi connectivity index (χ4n) is 9.95. The van der Waals surface area contributed by atoms with Crippen molar-refractivity contribution >= 4 is 73.0 Å². The number of rotatable bonds is 22. The molecule has 4 aromatic carbocycles. The van der Waals surface area contributed by atoms with Crippen molar-refractivity contribution in [2.75, 3.05) is 78.7 Å². The zero-order chi connectivity index (χ0) is 58.6. The van der Waals surface area contributed by atoms with Crippen LogP contribution in [0, 0.1) is 17.3 Å². The molecule has 4 aliphatic heterocycles. The van der Waals surface area contributed by atoms with E-state index in [0.717, 1.165) is 52.6 Å². The lowest BCUT2D eigenvalue weighted by atomic mass is 9.92. The van der Waals surface area contributed by atoms with Gasteiger partial charge in [0.05, 0.1) is 21.2 Å². The molecule has 0 aliphatic carbocycles. The van der Waals surface area contributed by atoms with Gasteiger partial charge in [0, 0.05) is 125 Å². The number of sulfonamides is 2. The van der Waals surface area contributed by atoms with Gasteiger partial charge in [-0.25, -0.2) is 26.8 Å². The van der Waals surface area contributed by atoms with Crippen LogP contribution in [0.25, 0.3) is 34.4 Å². The molecule has 0 bridgehead atoms. The summed E-state index contributed by atoms with van der Waals surface area (Å²) in [5, 5.41) is 21.5. The molecule has 0 aromatic heterocycles. The van der Waals surface area contributed by atoms with E-state index in [-0.39, 0.29) is 70.8 Å². The molecule has 0 saturated carbocycles. The number of fused-ring (bicyclic) bond motifs is 2. The third kappa shape index (κ3) is 15.9. The Balaban J connectivity index is 0.000000237. The number of nitrogens with zero attached hydrogens (tertiary/aromatic N) is 6. The summed E-state index contributed by atoms with van der Waals surface area (Å²) < 4.78 is 54.9. The summed E-state index contributed by atoms with van der Waals surface area (Å²) in [6, 6.07) is 24.8. The van der Waals surface area contributed by atoms with E-state index in [0.29, 0.717) is 112 Å². The lowest BCUT2D eigenvalue weighted by Crippen LogP contribution is -2.51. The van der Waals surface area contributed by atoms with Crippen LogP contribution in [0.15, 0.2) is 116 Å². The molecule has 8 rings (SSSR count).